The summed E-state index contributed by atoms with van der Waals surface area (Å²) in [7, 11) is 1.76. The summed E-state index contributed by atoms with van der Waals surface area (Å²) >= 11 is 13.2. The van der Waals surface area contributed by atoms with Crippen LogP contribution < -0.4 is 10.6 Å². The van der Waals surface area contributed by atoms with Gasteiger partial charge in [0.05, 0.1) is 34.3 Å². The van der Waals surface area contributed by atoms with E-state index in [2.05, 4.69) is 31.1 Å². The average Bonchev–Trinajstić information content (AvgIpc) is 3.25. The number of halogens is 2. The van der Waals surface area contributed by atoms with Gasteiger partial charge in [0, 0.05) is 17.8 Å². The van der Waals surface area contributed by atoms with E-state index in [4.69, 9.17) is 23.2 Å². The van der Waals surface area contributed by atoms with Crippen molar-refractivity contribution in [2.24, 2.45) is 17.3 Å². The Morgan fingerprint density at radius 3 is 2.35 bits per heavy atom. The summed E-state index contributed by atoms with van der Waals surface area (Å²) in [5, 5.41) is 23.4. The van der Waals surface area contributed by atoms with Crippen LogP contribution in [-0.4, -0.2) is 32.3 Å². The van der Waals surface area contributed by atoms with E-state index in [-0.39, 0.29) is 29.1 Å². The molecule has 0 saturated carbocycles. The van der Waals surface area contributed by atoms with E-state index >= 15 is 0 Å². The number of hydrogen-bond donors (Lipinski definition) is 2. The molecule has 2 amide bonds. The average molecular weight is 554 g/mol. The number of amides is 2. The first-order valence-corrected chi connectivity index (χ1v) is 12.7. The minimum atomic E-state index is -0.356. The van der Waals surface area contributed by atoms with Gasteiger partial charge in [-0.15, -0.1) is 10.2 Å². The molecular formula is C25H21Cl2N7O2S. The highest BCUT2D eigenvalue weighted by molar-refractivity contribution is 7.99. The van der Waals surface area contributed by atoms with Gasteiger partial charge in [-0.2, -0.15) is 10.2 Å². The van der Waals surface area contributed by atoms with Crippen molar-refractivity contribution in [3.8, 4) is 0 Å². The number of rotatable bonds is 9. The Labute approximate surface area is 227 Å². The molecule has 4 aromatic rings. The van der Waals surface area contributed by atoms with Crippen LogP contribution in [0.5, 0.6) is 0 Å². The number of aromatic nitrogens is 3. The van der Waals surface area contributed by atoms with Crippen molar-refractivity contribution in [3.63, 3.8) is 0 Å². The first-order valence-electron chi connectivity index (χ1n) is 11.0. The summed E-state index contributed by atoms with van der Waals surface area (Å²) in [6.45, 7) is 0.141. The lowest BCUT2D eigenvalue weighted by Gasteiger charge is -2.08. The summed E-state index contributed by atoms with van der Waals surface area (Å²) in [5.41, 5.74) is 2.39. The fourth-order valence-corrected chi connectivity index (χ4v) is 4.33. The van der Waals surface area contributed by atoms with Crippen LogP contribution in [0.15, 0.2) is 88.2 Å². The third-order valence-electron chi connectivity index (χ3n) is 5.03. The standard InChI is InChI=1S/C25H21Cl2N7O2S/c1-34-22(14-28-24(36)20-12-7-16(26)13-21(20)27)32-33-25(34)37-15-23(35)29-17-8-10-19(11-9-17)31-30-18-5-3-2-4-6-18/h2-13H,14-15H2,1H3,(H,28,36)(H,29,35). The van der Waals surface area contributed by atoms with E-state index in [9.17, 15) is 9.59 Å². The first kappa shape index (κ1) is 26.3. The lowest BCUT2D eigenvalue weighted by molar-refractivity contribution is -0.113. The van der Waals surface area contributed by atoms with Gasteiger partial charge in [0.25, 0.3) is 5.91 Å². The Balaban J connectivity index is 1.25. The minimum Gasteiger partial charge on any atom is -0.345 e. The van der Waals surface area contributed by atoms with Gasteiger partial charge in [0.15, 0.2) is 11.0 Å². The molecule has 0 atom stereocenters. The molecule has 0 fully saturated rings. The van der Waals surface area contributed by atoms with Gasteiger partial charge in [-0.1, -0.05) is 53.2 Å². The van der Waals surface area contributed by atoms with Crippen molar-refractivity contribution < 1.29 is 9.59 Å². The van der Waals surface area contributed by atoms with E-state index in [1.54, 1.807) is 48.0 Å². The number of carbonyl (C=O) groups excluding carboxylic acids is 2. The minimum absolute atomic E-state index is 0.133. The highest BCUT2D eigenvalue weighted by Crippen LogP contribution is 2.22. The molecule has 0 aliphatic heterocycles. The second kappa shape index (κ2) is 12.5. The van der Waals surface area contributed by atoms with Crippen LogP contribution >= 0.6 is 35.0 Å². The second-order valence-electron chi connectivity index (χ2n) is 7.68. The quantitative estimate of drug-likeness (QED) is 0.189. The normalized spacial score (nSPS) is 11.0. The zero-order valence-electron chi connectivity index (χ0n) is 19.6. The molecular weight excluding hydrogens is 533 g/mol. The molecule has 37 heavy (non-hydrogen) atoms. The van der Waals surface area contributed by atoms with Crippen LogP contribution in [0.1, 0.15) is 16.2 Å². The number of hydrogen-bond acceptors (Lipinski definition) is 7. The fourth-order valence-electron chi connectivity index (χ4n) is 3.10. The number of nitrogens with one attached hydrogen (secondary N) is 2. The molecule has 188 valence electrons. The van der Waals surface area contributed by atoms with Gasteiger partial charge >= 0.3 is 0 Å². The number of thioether (sulfide) groups is 1. The smallest absolute Gasteiger partial charge is 0.253 e. The molecule has 1 heterocycles. The van der Waals surface area contributed by atoms with Crippen LogP contribution in [0, 0.1) is 0 Å². The third-order valence-corrected chi connectivity index (χ3v) is 6.60. The molecule has 3 aromatic carbocycles. The first-order chi connectivity index (χ1) is 17.9. The highest BCUT2D eigenvalue weighted by atomic mass is 35.5. The lowest BCUT2D eigenvalue weighted by atomic mass is 10.2. The molecule has 0 unspecified atom stereocenters. The van der Waals surface area contributed by atoms with Gasteiger partial charge in [-0.25, -0.2) is 0 Å². The maximum Gasteiger partial charge on any atom is 0.253 e. The van der Waals surface area contributed by atoms with Crippen LogP contribution in [0.3, 0.4) is 0 Å². The molecule has 0 saturated heterocycles. The van der Waals surface area contributed by atoms with Crippen molar-refractivity contribution >= 4 is 63.8 Å². The molecule has 0 radical (unpaired) electrons. The maximum atomic E-state index is 12.4. The molecule has 9 nitrogen and oxygen atoms in total. The largest absolute Gasteiger partial charge is 0.345 e. The van der Waals surface area contributed by atoms with E-state index in [0.29, 0.717) is 32.9 Å². The monoisotopic (exact) mass is 553 g/mol. The molecule has 0 bridgehead atoms. The van der Waals surface area contributed by atoms with E-state index in [1.165, 1.54) is 17.8 Å². The lowest BCUT2D eigenvalue weighted by Crippen LogP contribution is -2.24. The molecule has 0 spiro atoms. The molecule has 0 aliphatic carbocycles. The summed E-state index contributed by atoms with van der Waals surface area (Å²) in [6.07, 6.45) is 0. The van der Waals surface area contributed by atoms with Crippen LogP contribution in [0.2, 0.25) is 10.0 Å². The number of anilines is 1. The number of benzene rings is 3. The van der Waals surface area contributed by atoms with Crippen molar-refractivity contribution in [3.05, 3.63) is 94.2 Å². The van der Waals surface area contributed by atoms with Gasteiger partial charge < -0.3 is 15.2 Å². The number of azo groups is 1. The van der Waals surface area contributed by atoms with Crippen LogP contribution in [-0.2, 0) is 18.4 Å². The van der Waals surface area contributed by atoms with E-state index in [1.807, 2.05) is 30.3 Å². The van der Waals surface area contributed by atoms with Gasteiger partial charge in [-0.3, -0.25) is 9.59 Å². The van der Waals surface area contributed by atoms with Gasteiger partial charge in [-0.05, 0) is 54.6 Å². The Kier molecular flexibility index (Phi) is 8.89. The SMILES string of the molecule is Cn1c(CNC(=O)c2ccc(Cl)cc2Cl)nnc1SCC(=O)Nc1ccc(N=Nc2ccccc2)cc1. The zero-order valence-corrected chi connectivity index (χ0v) is 21.9. The summed E-state index contributed by atoms with van der Waals surface area (Å²) in [4.78, 5) is 24.8. The second-order valence-corrected chi connectivity index (χ2v) is 9.47. The highest BCUT2D eigenvalue weighted by Gasteiger charge is 2.15. The predicted molar refractivity (Wildman–Crippen MR) is 145 cm³/mol. The van der Waals surface area contributed by atoms with E-state index in [0.717, 1.165) is 5.69 Å². The van der Waals surface area contributed by atoms with Crippen molar-refractivity contribution in [1.29, 1.82) is 0 Å². The maximum absolute atomic E-state index is 12.4. The van der Waals surface area contributed by atoms with E-state index < -0.39 is 0 Å². The Hall–Kier alpha value is -3.73. The number of carbonyl (C=O) groups is 2. The van der Waals surface area contributed by atoms with Crippen LogP contribution in [0.4, 0.5) is 17.1 Å². The fraction of sp³-hybridized carbons (Fsp3) is 0.120. The van der Waals surface area contributed by atoms with Gasteiger partial charge in [0.1, 0.15) is 0 Å². The molecule has 4 rings (SSSR count). The van der Waals surface area contributed by atoms with Crippen molar-refractivity contribution in [2.45, 2.75) is 11.7 Å². The summed E-state index contributed by atoms with van der Waals surface area (Å²) < 4.78 is 1.72. The zero-order chi connectivity index (χ0) is 26.2. The summed E-state index contributed by atoms with van der Waals surface area (Å²) in [5.74, 6) is 0.111. The van der Waals surface area contributed by atoms with Crippen LogP contribution in [0.25, 0.3) is 0 Å². The topological polar surface area (TPSA) is 114 Å². The Bertz CT molecular complexity index is 1430. The van der Waals surface area contributed by atoms with Crippen molar-refractivity contribution in [2.75, 3.05) is 11.1 Å². The van der Waals surface area contributed by atoms with Gasteiger partial charge in [0.2, 0.25) is 5.91 Å². The van der Waals surface area contributed by atoms with Crippen molar-refractivity contribution in [1.82, 2.24) is 20.1 Å². The summed E-state index contributed by atoms with van der Waals surface area (Å²) in [6, 6.07) is 21.2. The predicted octanol–water partition coefficient (Wildman–Crippen LogP) is 6.20. The third kappa shape index (κ3) is 7.39. The molecule has 2 N–H and O–H groups in total. The Morgan fingerprint density at radius 2 is 1.65 bits per heavy atom. The molecule has 12 heteroatoms. The molecule has 1 aromatic heterocycles. The molecule has 0 aliphatic rings. The number of nitrogens with zero attached hydrogens (tertiary/aromatic N) is 5. The Morgan fingerprint density at radius 1 is 0.946 bits per heavy atom.